The molecule has 0 fully saturated rings. The number of para-hydroxylation sites is 1. The molecule has 0 aliphatic rings. The van der Waals surface area contributed by atoms with Gasteiger partial charge in [-0.05, 0) is 29.8 Å². The normalized spacial score (nSPS) is 10.2. The van der Waals surface area contributed by atoms with Crippen molar-refractivity contribution in [3.8, 4) is 11.5 Å². The first-order chi connectivity index (χ1) is 9.49. The van der Waals surface area contributed by atoms with E-state index < -0.39 is 0 Å². The topological polar surface area (TPSA) is 86.8 Å². The fraction of sp³-hybridized carbons (Fsp3) is 0.133. The molecule has 0 saturated heterocycles. The Hall–Kier alpha value is -2.69. The molecule has 5 nitrogen and oxygen atoms in total. The number of hydrogen-bond donors (Lipinski definition) is 3. The van der Waals surface area contributed by atoms with Gasteiger partial charge in [-0.2, -0.15) is 0 Å². The maximum absolute atomic E-state index is 12.3. The summed E-state index contributed by atoms with van der Waals surface area (Å²) in [5, 5.41) is 19.2. The van der Waals surface area contributed by atoms with E-state index in [0.717, 1.165) is 5.56 Å². The fourth-order valence-corrected chi connectivity index (χ4v) is 1.94. The summed E-state index contributed by atoms with van der Waals surface area (Å²) in [5.41, 5.74) is 6.70. The summed E-state index contributed by atoms with van der Waals surface area (Å²) in [5.74, 6) is -0.395. The lowest BCUT2D eigenvalue weighted by Gasteiger charge is -2.18. The largest absolute Gasteiger partial charge is 0.508 e. The van der Waals surface area contributed by atoms with Crippen LogP contribution in [0.4, 0.5) is 5.69 Å². The average Bonchev–Trinajstić information content (AvgIpc) is 2.41. The van der Waals surface area contributed by atoms with Crippen LogP contribution in [0.25, 0.3) is 0 Å². The van der Waals surface area contributed by atoms with Crippen molar-refractivity contribution in [3.63, 3.8) is 0 Å². The number of carbonyl (C=O) groups excluding carboxylic acids is 1. The predicted molar refractivity (Wildman–Crippen MR) is 76.4 cm³/mol. The van der Waals surface area contributed by atoms with Crippen molar-refractivity contribution in [3.05, 3.63) is 53.6 Å². The van der Waals surface area contributed by atoms with Gasteiger partial charge in [0.2, 0.25) is 0 Å². The Kier molecular flexibility index (Phi) is 3.79. The number of carbonyl (C=O) groups is 1. The Morgan fingerprint density at radius 1 is 1.20 bits per heavy atom. The molecule has 20 heavy (non-hydrogen) atoms. The Labute approximate surface area is 116 Å². The molecule has 0 spiro atoms. The Morgan fingerprint density at radius 3 is 2.60 bits per heavy atom. The molecule has 0 saturated carbocycles. The van der Waals surface area contributed by atoms with Crippen molar-refractivity contribution < 1.29 is 15.0 Å². The number of aromatic hydroxyl groups is 2. The molecule has 5 heteroatoms. The van der Waals surface area contributed by atoms with Crippen LogP contribution in [-0.4, -0.2) is 28.1 Å². The molecule has 0 radical (unpaired) electrons. The lowest BCUT2D eigenvalue weighted by molar-refractivity contribution is 0.0782. The molecule has 0 aliphatic heterocycles. The highest BCUT2D eigenvalue weighted by atomic mass is 16.3. The zero-order chi connectivity index (χ0) is 14.7. The van der Waals surface area contributed by atoms with E-state index in [0.29, 0.717) is 6.54 Å². The number of rotatable bonds is 3. The summed E-state index contributed by atoms with van der Waals surface area (Å²) in [4.78, 5) is 13.7. The SMILES string of the molecule is CN(Cc1cccc(O)c1)C(=O)c1cccc(N)c1O. The van der Waals surface area contributed by atoms with Gasteiger partial charge in [-0.15, -0.1) is 0 Å². The molecular formula is C15H16N2O3. The summed E-state index contributed by atoms with van der Waals surface area (Å²) < 4.78 is 0. The van der Waals surface area contributed by atoms with Crippen molar-refractivity contribution in [1.82, 2.24) is 4.90 Å². The summed E-state index contributed by atoms with van der Waals surface area (Å²) >= 11 is 0. The van der Waals surface area contributed by atoms with Crippen molar-refractivity contribution in [1.29, 1.82) is 0 Å². The lowest BCUT2D eigenvalue weighted by Crippen LogP contribution is -2.26. The van der Waals surface area contributed by atoms with E-state index in [1.807, 2.05) is 6.07 Å². The number of nitrogens with two attached hydrogens (primary N) is 1. The van der Waals surface area contributed by atoms with E-state index in [1.54, 1.807) is 31.3 Å². The van der Waals surface area contributed by atoms with E-state index in [2.05, 4.69) is 0 Å². The highest BCUT2D eigenvalue weighted by Gasteiger charge is 2.17. The van der Waals surface area contributed by atoms with Gasteiger partial charge < -0.3 is 20.8 Å². The van der Waals surface area contributed by atoms with Crippen LogP contribution in [0.15, 0.2) is 42.5 Å². The van der Waals surface area contributed by atoms with Crippen LogP contribution in [0, 0.1) is 0 Å². The van der Waals surface area contributed by atoms with E-state index in [-0.39, 0.29) is 28.7 Å². The molecule has 4 N–H and O–H groups in total. The highest BCUT2D eigenvalue weighted by molar-refractivity contribution is 5.98. The van der Waals surface area contributed by atoms with Gasteiger partial charge in [-0.1, -0.05) is 18.2 Å². The second kappa shape index (κ2) is 5.52. The van der Waals surface area contributed by atoms with Crippen molar-refractivity contribution in [2.75, 3.05) is 12.8 Å². The van der Waals surface area contributed by atoms with Gasteiger partial charge >= 0.3 is 0 Å². The Bertz CT molecular complexity index is 641. The quantitative estimate of drug-likeness (QED) is 0.588. The van der Waals surface area contributed by atoms with E-state index in [1.165, 1.54) is 17.0 Å². The molecule has 0 unspecified atom stereocenters. The standard InChI is InChI=1S/C15H16N2O3/c1-17(9-10-4-2-5-11(18)8-10)15(20)12-6-3-7-13(16)14(12)19/h2-8,18-19H,9,16H2,1H3. The number of hydrogen-bond acceptors (Lipinski definition) is 4. The van der Waals surface area contributed by atoms with Gasteiger partial charge in [0.1, 0.15) is 5.75 Å². The van der Waals surface area contributed by atoms with Crippen molar-refractivity contribution in [2.24, 2.45) is 0 Å². The summed E-state index contributed by atoms with van der Waals surface area (Å²) in [6.07, 6.45) is 0. The number of benzene rings is 2. The molecule has 0 aliphatic carbocycles. The van der Waals surface area contributed by atoms with Gasteiger partial charge in [-0.25, -0.2) is 0 Å². The first-order valence-corrected chi connectivity index (χ1v) is 6.10. The van der Waals surface area contributed by atoms with Crippen LogP contribution >= 0.6 is 0 Å². The number of amides is 1. The van der Waals surface area contributed by atoms with Gasteiger partial charge in [0.15, 0.2) is 5.75 Å². The number of anilines is 1. The minimum Gasteiger partial charge on any atom is -0.508 e. The summed E-state index contributed by atoms with van der Waals surface area (Å²) in [6.45, 7) is 0.321. The maximum atomic E-state index is 12.3. The highest BCUT2D eigenvalue weighted by Crippen LogP contribution is 2.25. The fourth-order valence-electron chi connectivity index (χ4n) is 1.94. The number of nitrogen functional groups attached to an aromatic ring is 1. The van der Waals surface area contributed by atoms with Crippen LogP contribution in [-0.2, 0) is 6.54 Å². The zero-order valence-electron chi connectivity index (χ0n) is 11.1. The van der Waals surface area contributed by atoms with Crippen LogP contribution in [0.2, 0.25) is 0 Å². The number of phenolic OH excluding ortho intramolecular Hbond substituents is 2. The van der Waals surface area contributed by atoms with Crippen LogP contribution in [0.1, 0.15) is 15.9 Å². The molecule has 2 rings (SSSR count). The minimum absolute atomic E-state index is 0.148. The van der Waals surface area contributed by atoms with Crippen LogP contribution in [0.3, 0.4) is 0 Å². The third kappa shape index (κ3) is 2.83. The predicted octanol–water partition coefficient (Wildman–Crippen LogP) is 1.95. The third-order valence-electron chi connectivity index (χ3n) is 2.97. The Morgan fingerprint density at radius 2 is 1.90 bits per heavy atom. The maximum Gasteiger partial charge on any atom is 0.257 e. The smallest absolute Gasteiger partial charge is 0.257 e. The second-order valence-electron chi connectivity index (χ2n) is 4.57. The molecule has 2 aromatic carbocycles. The van der Waals surface area contributed by atoms with E-state index in [9.17, 15) is 15.0 Å². The molecule has 0 bridgehead atoms. The van der Waals surface area contributed by atoms with Gasteiger partial charge in [-0.3, -0.25) is 4.79 Å². The number of nitrogens with zero attached hydrogens (tertiary/aromatic N) is 1. The van der Waals surface area contributed by atoms with Gasteiger partial charge in [0.25, 0.3) is 5.91 Å². The van der Waals surface area contributed by atoms with E-state index in [4.69, 9.17) is 5.73 Å². The molecule has 0 aromatic heterocycles. The molecule has 2 aromatic rings. The summed E-state index contributed by atoms with van der Waals surface area (Å²) in [6, 6.07) is 11.3. The molecule has 104 valence electrons. The second-order valence-corrected chi connectivity index (χ2v) is 4.57. The van der Waals surface area contributed by atoms with Gasteiger partial charge in [0.05, 0.1) is 11.3 Å². The van der Waals surface area contributed by atoms with Crippen molar-refractivity contribution in [2.45, 2.75) is 6.54 Å². The zero-order valence-corrected chi connectivity index (χ0v) is 11.1. The van der Waals surface area contributed by atoms with Crippen LogP contribution < -0.4 is 5.73 Å². The van der Waals surface area contributed by atoms with Crippen molar-refractivity contribution >= 4 is 11.6 Å². The first kappa shape index (κ1) is 13.7. The molecule has 0 atom stereocenters. The first-order valence-electron chi connectivity index (χ1n) is 6.10. The van der Waals surface area contributed by atoms with Gasteiger partial charge in [0, 0.05) is 13.6 Å². The minimum atomic E-state index is -0.335. The molecule has 1 amide bonds. The third-order valence-corrected chi connectivity index (χ3v) is 2.97. The Balaban J connectivity index is 2.19. The van der Waals surface area contributed by atoms with Crippen LogP contribution in [0.5, 0.6) is 11.5 Å². The number of phenols is 2. The van der Waals surface area contributed by atoms with E-state index >= 15 is 0 Å². The summed E-state index contributed by atoms with van der Waals surface area (Å²) in [7, 11) is 1.62. The molecular weight excluding hydrogens is 256 g/mol. The average molecular weight is 272 g/mol. The monoisotopic (exact) mass is 272 g/mol. The molecule has 0 heterocycles. The lowest BCUT2D eigenvalue weighted by atomic mass is 10.1.